The summed E-state index contributed by atoms with van der Waals surface area (Å²) in [5.74, 6) is 1.28. The van der Waals surface area contributed by atoms with Gasteiger partial charge in [-0.05, 0) is 31.3 Å². The average Bonchev–Trinajstić information content (AvgIpc) is 2.85. The van der Waals surface area contributed by atoms with Gasteiger partial charge in [0, 0.05) is 0 Å². The van der Waals surface area contributed by atoms with Crippen molar-refractivity contribution in [3.63, 3.8) is 0 Å². The SMILES string of the molecule is CNCc1ccc(CS(=O)(=O)c2ccccc2OC)o1. The van der Waals surface area contributed by atoms with Crippen molar-refractivity contribution in [1.29, 1.82) is 0 Å². The lowest BCUT2D eigenvalue weighted by atomic mass is 10.3. The van der Waals surface area contributed by atoms with E-state index >= 15 is 0 Å². The molecule has 0 fully saturated rings. The first kappa shape index (κ1) is 14.6. The Morgan fingerprint density at radius 3 is 2.55 bits per heavy atom. The summed E-state index contributed by atoms with van der Waals surface area (Å²) in [4.78, 5) is 0.175. The summed E-state index contributed by atoms with van der Waals surface area (Å²) in [6.07, 6.45) is 0. The predicted octanol–water partition coefficient (Wildman–Crippen LogP) is 1.98. The first-order valence-electron chi connectivity index (χ1n) is 6.15. The molecule has 6 heteroatoms. The van der Waals surface area contributed by atoms with Crippen LogP contribution in [-0.2, 0) is 22.1 Å². The molecule has 0 aliphatic rings. The lowest BCUT2D eigenvalue weighted by molar-refractivity contribution is 0.402. The molecule has 20 heavy (non-hydrogen) atoms. The third-order valence-corrected chi connectivity index (χ3v) is 4.48. The van der Waals surface area contributed by atoms with Crippen LogP contribution in [-0.4, -0.2) is 22.6 Å². The Hall–Kier alpha value is -1.79. The molecule has 1 N–H and O–H groups in total. The van der Waals surface area contributed by atoms with Crippen LogP contribution in [0.3, 0.4) is 0 Å². The fourth-order valence-corrected chi connectivity index (χ4v) is 3.34. The van der Waals surface area contributed by atoms with Crippen LogP contribution in [0.1, 0.15) is 11.5 Å². The van der Waals surface area contributed by atoms with Crippen LogP contribution in [0.5, 0.6) is 5.75 Å². The molecule has 108 valence electrons. The molecular weight excluding hydrogens is 278 g/mol. The molecule has 2 rings (SSSR count). The number of hydrogen-bond acceptors (Lipinski definition) is 5. The first-order chi connectivity index (χ1) is 9.56. The lowest BCUT2D eigenvalue weighted by Crippen LogP contribution is -2.06. The topological polar surface area (TPSA) is 68.5 Å². The van der Waals surface area contributed by atoms with Crippen molar-refractivity contribution in [2.75, 3.05) is 14.2 Å². The molecule has 1 aromatic heterocycles. The van der Waals surface area contributed by atoms with Crippen LogP contribution in [0.25, 0.3) is 0 Å². The van der Waals surface area contributed by atoms with Crippen molar-refractivity contribution in [2.45, 2.75) is 17.2 Å². The first-order valence-corrected chi connectivity index (χ1v) is 7.80. The molecule has 0 unspecified atom stereocenters. The quantitative estimate of drug-likeness (QED) is 0.882. The predicted molar refractivity (Wildman–Crippen MR) is 75.4 cm³/mol. The number of benzene rings is 1. The van der Waals surface area contributed by atoms with Gasteiger partial charge in [-0.25, -0.2) is 8.42 Å². The molecule has 0 radical (unpaired) electrons. The van der Waals surface area contributed by atoms with Crippen molar-refractivity contribution in [3.05, 3.63) is 47.9 Å². The fraction of sp³-hybridized carbons (Fsp3) is 0.286. The van der Waals surface area contributed by atoms with Gasteiger partial charge < -0.3 is 14.5 Å². The number of furan rings is 1. The van der Waals surface area contributed by atoms with E-state index in [0.29, 0.717) is 23.8 Å². The summed E-state index contributed by atoms with van der Waals surface area (Å²) in [6, 6.07) is 10.0. The van der Waals surface area contributed by atoms with Crippen molar-refractivity contribution in [3.8, 4) is 5.75 Å². The summed E-state index contributed by atoms with van der Waals surface area (Å²) >= 11 is 0. The monoisotopic (exact) mass is 295 g/mol. The largest absolute Gasteiger partial charge is 0.495 e. The highest BCUT2D eigenvalue weighted by molar-refractivity contribution is 7.90. The second kappa shape index (κ2) is 6.11. The Morgan fingerprint density at radius 2 is 1.85 bits per heavy atom. The maximum Gasteiger partial charge on any atom is 0.189 e. The third kappa shape index (κ3) is 3.20. The standard InChI is InChI=1S/C14H17NO4S/c1-15-9-11-7-8-12(19-11)10-20(16,17)14-6-4-3-5-13(14)18-2/h3-8,15H,9-10H2,1-2H3. The normalized spacial score (nSPS) is 11.5. The fourth-order valence-electron chi connectivity index (χ4n) is 1.91. The van der Waals surface area contributed by atoms with Gasteiger partial charge in [0.15, 0.2) is 9.84 Å². The second-order valence-electron chi connectivity index (χ2n) is 4.31. The van der Waals surface area contributed by atoms with Gasteiger partial charge in [-0.2, -0.15) is 0 Å². The maximum absolute atomic E-state index is 12.4. The van der Waals surface area contributed by atoms with Crippen molar-refractivity contribution in [1.82, 2.24) is 5.32 Å². The number of sulfone groups is 1. The summed E-state index contributed by atoms with van der Waals surface area (Å²) in [5, 5.41) is 2.95. The zero-order valence-electron chi connectivity index (χ0n) is 11.4. The van der Waals surface area contributed by atoms with E-state index in [9.17, 15) is 8.42 Å². The number of methoxy groups -OCH3 is 1. The number of rotatable bonds is 6. The Balaban J connectivity index is 2.26. The van der Waals surface area contributed by atoms with E-state index in [1.165, 1.54) is 13.2 Å². The highest BCUT2D eigenvalue weighted by atomic mass is 32.2. The third-order valence-electron chi connectivity index (χ3n) is 2.80. The zero-order chi connectivity index (χ0) is 14.6. The smallest absolute Gasteiger partial charge is 0.189 e. The van der Waals surface area contributed by atoms with Gasteiger partial charge in [-0.15, -0.1) is 0 Å². The molecule has 5 nitrogen and oxygen atoms in total. The van der Waals surface area contributed by atoms with Crippen LogP contribution in [0, 0.1) is 0 Å². The number of para-hydroxylation sites is 1. The van der Waals surface area contributed by atoms with Crippen LogP contribution < -0.4 is 10.1 Å². The molecule has 0 aliphatic heterocycles. The van der Waals surface area contributed by atoms with E-state index in [1.807, 2.05) is 0 Å². The van der Waals surface area contributed by atoms with Crippen molar-refractivity contribution in [2.24, 2.45) is 0 Å². The molecule has 0 amide bonds. The Labute approximate surface area is 118 Å². The van der Waals surface area contributed by atoms with Crippen molar-refractivity contribution >= 4 is 9.84 Å². The molecule has 1 aromatic carbocycles. The molecule has 0 atom stereocenters. The van der Waals surface area contributed by atoms with Gasteiger partial charge in [0.25, 0.3) is 0 Å². The Kier molecular flexibility index (Phi) is 4.46. The van der Waals surface area contributed by atoms with Crippen LogP contribution in [0.4, 0.5) is 0 Å². The molecule has 0 aliphatic carbocycles. The van der Waals surface area contributed by atoms with Crippen LogP contribution in [0.15, 0.2) is 45.7 Å². The Morgan fingerprint density at radius 1 is 1.15 bits per heavy atom. The number of nitrogens with one attached hydrogen (secondary N) is 1. The molecule has 1 heterocycles. The lowest BCUT2D eigenvalue weighted by Gasteiger charge is -2.08. The van der Waals surface area contributed by atoms with E-state index < -0.39 is 9.84 Å². The van der Waals surface area contributed by atoms with E-state index in [2.05, 4.69) is 5.32 Å². The van der Waals surface area contributed by atoms with Gasteiger partial charge in [0.05, 0.1) is 13.7 Å². The van der Waals surface area contributed by atoms with Gasteiger partial charge in [0.1, 0.15) is 27.9 Å². The van der Waals surface area contributed by atoms with Crippen LogP contribution >= 0.6 is 0 Å². The zero-order valence-corrected chi connectivity index (χ0v) is 12.2. The molecule has 0 spiro atoms. The molecule has 2 aromatic rings. The summed E-state index contributed by atoms with van der Waals surface area (Å²) in [5.41, 5.74) is 0. The van der Waals surface area contributed by atoms with Gasteiger partial charge in [0.2, 0.25) is 0 Å². The van der Waals surface area contributed by atoms with E-state index in [4.69, 9.17) is 9.15 Å². The Bertz CT molecular complexity index is 676. The molecule has 0 bridgehead atoms. The minimum absolute atomic E-state index is 0.175. The number of hydrogen-bond donors (Lipinski definition) is 1. The summed E-state index contributed by atoms with van der Waals surface area (Å²) < 4.78 is 35.4. The summed E-state index contributed by atoms with van der Waals surface area (Å²) in [7, 11) is -0.247. The van der Waals surface area contributed by atoms with Crippen molar-refractivity contribution < 1.29 is 17.6 Å². The van der Waals surface area contributed by atoms with Gasteiger partial charge in [-0.3, -0.25) is 0 Å². The molecule has 0 saturated heterocycles. The molecule has 0 saturated carbocycles. The average molecular weight is 295 g/mol. The highest BCUT2D eigenvalue weighted by Gasteiger charge is 2.21. The van der Waals surface area contributed by atoms with E-state index in [-0.39, 0.29) is 10.6 Å². The minimum atomic E-state index is -3.50. The van der Waals surface area contributed by atoms with Gasteiger partial charge in [-0.1, -0.05) is 12.1 Å². The van der Waals surface area contributed by atoms with Crippen LogP contribution in [0.2, 0.25) is 0 Å². The number of ether oxygens (including phenoxy) is 1. The second-order valence-corrected chi connectivity index (χ2v) is 6.27. The van der Waals surface area contributed by atoms with E-state index in [1.54, 1.807) is 37.4 Å². The van der Waals surface area contributed by atoms with E-state index in [0.717, 1.165) is 0 Å². The minimum Gasteiger partial charge on any atom is -0.495 e. The highest BCUT2D eigenvalue weighted by Crippen LogP contribution is 2.26. The summed E-state index contributed by atoms with van der Waals surface area (Å²) in [6.45, 7) is 0.564. The maximum atomic E-state index is 12.4. The molecular formula is C14H17NO4S. The van der Waals surface area contributed by atoms with Gasteiger partial charge >= 0.3 is 0 Å².